The Bertz CT molecular complexity index is 1580. The Balaban J connectivity index is -0.0000000503. The fourth-order valence-electron chi connectivity index (χ4n) is 1.15. The number of nitrogens with one attached hydrogen (secondary N) is 3. The number of carbonyl (C=O) groups excluding carboxylic acids is 6. The molecule has 4 aromatic rings. The zero-order valence-corrected chi connectivity index (χ0v) is 46.6. The molecule has 3 amide bonds. The van der Waals surface area contributed by atoms with E-state index < -0.39 is 31.5 Å². The Labute approximate surface area is 452 Å². The first-order valence-corrected chi connectivity index (χ1v) is 14.7. The summed E-state index contributed by atoms with van der Waals surface area (Å²) in [5, 5.41) is 39.8. The fraction of sp³-hybridized carbons (Fsp3) is 0. The SMILES string of the molecule is Nc1nn[c-]s1.[3H]C(=O)Cl.[3H]C(=O)N=c1[nH]n[c-]s1.[3H]C(=O)O.[3H]C(=O)OC([3H])=O.[CH2-]I.[CH2-]Oc1nnc(N[C-]=O)s1.[CH2-]Oc1nnc(N[C-]=O)s1.[CH3-].[V].[V].[W].[W].[Y].[Y]. The monoisotopic (exact) mass is 1540 g/mol. The van der Waals surface area contributed by atoms with Gasteiger partial charge in [0.05, 0.1) is 23.1 Å². The third-order valence-corrected chi connectivity index (χ3v) is 4.81. The number of hydrogen-bond donors (Lipinski definition) is 5. The van der Waals surface area contributed by atoms with Crippen molar-refractivity contribution in [2.24, 2.45) is 4.99 Å². The number of aromatic amines is 1. The van der Waals surface area contributed by atoms with Crippen LogP contribution < -0.4 is 30.6 Å². The van der Waals surface area contributed by atoms with Crippen molar-refractivity contribution >= 4 is 139 Å². The standard InChI is InChI=1S/2C4H3N3O2S.C3H2N3OS.C2H2N3S.C2H2O3.CHClO.CH2I.CH2O2.CH3.2V.2W.2Y/c2*1-9-4-7-6-3(10-4)5-2-8;7-1-4-3-6-5-2-8-3;3-2-5-4-1-6-2;3-1-5-2-4;2-1-3;1-2;2-1-3;;;;;;;/h2*1H2,(H,5,6,8);1H,(H,4,6,7);(H2,3,5);1-2H;1H;1H2;1H,(H,2,3);1H3;;;;;;/q2*-2;2*-1;;;-1;;-1;;;;;;/i;;1T;;1T,2T;1T;;1T;;;;;;;. The van der Waals surface area contributed by atoms with Gasteiger partial charge < -0.3 is 80.4 Å². The van der Waals surface area contributed by atoms with Crippen LogP contribution in [0.1, 0.15) is 6.85 Å². The Hall–Kier alpha value is 0.103. The van der Waals surface area contributed by atoms with Gasteiger partial charge in [-0.1, -0.05) is 11.0 Å². The first kappa shape index (κ1) is 65.9. The van der Waals surface area contributed by atoms with Gasteiger partial charge in [-0.15, -0.1) is 32.9 Å². The summed E-state index contributed by atoms with van der Waals surface area (Å²) in [5.74, 6) is 0. The summed E-state index contributed by atoms with van der Waals surface area (Å²) >= 11 is 10.6. The molecule has 296 valence electrons. The third-order valence-electron chi connectivity index (χ3n) is 2.29. The molecule has 0 aliphatic carbocycles. The van der Waals surface area contributed by atoms with E-state index in [4.69, 9.17) is 27.3 Å². The van der Waals surface area contributed by atoms with Gasteiger partial charge in [0.15, 0.2) is 4.11 Å². The van der Waals surface area contributed by atoms with Crippen molar-refractivity contribution < 1.29 is 204 Å². The minimum Gasteiger partial charge on any atom is -0.644 e. The van der Waals surface area contributed by atoms with E-state index in [1.807, 2.05) is 22.6 Å². The number of halogens is 2. The van der Waals surface area contributed by atoms with E-state index in [0.29, 0.717) is 30.6 Å². The summed E-state index contributed by atoms with van der Waals surface area (Å²) in [6.07, 6.45) is -2.66. The topological polar surface area (TPSA) is 336 Å². The number of amides is 3. The van der Waals surface area contributed by atoms with E-state index in [1.54, 1.807) is 0 Å². The molecule has 0 bridgehead atoms. The molecule has 0 saturated carbocycles. The van der Waals surface area contributed by atoms with Crippen molar-refractivity contribution in [2.45, 2.75) is 0 Å². The van der Waals surface area contributed by atoms with E-state index in [2.05, 4.69) is 112 Å². The molecule has 4 heterocycles. The molecular formula is C19H20ClIN12O11S4V2W2Y2-8. The second-order valence-electron chi connectivity index (χ2n) is 4.58. The van der Waals surface area contributed by atoms with E-state index in [1.165, 1.54) is 24.2 Å². The number of carboxylic acid groups (broad SMARTS) is 1. The number of aromatic nitrogens is 8. The summed E-state index contributed by atoms with van der Waals surface area (Å²) in [5.41, 5.74) is 8.91. The number of nitrogens with two attached hydrogens (primary N) is 1. The smallest absolute Gasteiger partial charge is 0.300 e. The summed E-state index contributed by atoms with van der Waals surface area (Å²) in [6, 6.07) is 0. The van der Waals surface area contributed by atoms with Crippen LogP contribution in [0.3, 0.4) is 0 Å². The maximum Gasteiger partial charge on any atom is 0.300 e. The summed E-state index contributed by atoms with van der Waals surface area (Å²) in [6.45, 7) is 0. The van der Waals surface area contributed by atoms with Gasteiger partial charge in [0.25, 0.3) is 6.45 Å². The number of nitrogens with zero attached hydrogens (tertiary/aromatic N) is 8. The normalized spacial score (nSPS) is 8.39. The molecule has 4 radical (unpaired) electrons. The number of H-pyrrole nitrogens is 1. The van der Waals surface area contributed by atoms with Gasteiger partial charge in [-0.3, -0.25) is 66.8 Å². The zero-order valence-electron chi connectivity index (χ0n) is 31.1. The van der Waals surface area contributed by atoms with Crippen LogP contribution in [-0.4, -0.2) is 90.2 Å². The number of nitrogen functional groups attached to an aromatic ring is 1. The minimum absolute atomic E-state index is 0. The Morgan fingerprint density at radius 2 is 1.31 bits per heavy atom. The van der Waals surface area contributed by atoms with Crippen LogP contribution in [-0.2, 0) is 183 Å². The average molecular weight is 1540 g/mol. The molecule has 0 spiro atoms. The number of ether oxygens (including phenoxy) is 3. The number of hydrogen-bond acceptors (Lipinski definition) is 22. The van der Waals surface area contributed by atoms with Gasteiger partial charge in [-0.25, -0.2) is 15.3 Å². The molecule has 0 aliphatic heterocycles. The van der Waals surface area contributed by atoms with Gasteiger partial charge in [0.2, 0.25) is 22.5 Å². The maximum atomic E-state index is 9.96. The molecule has 4 rings (SSSR count). The van der Waals surface area contributed by atoms with Gasteiger partial charge in [-0.2, -0.15) is 14.2 Å². The van der Waals surface area contributed by atoms with Crippen molar-refractivity contribution in [2.75, 3.05) is 16.4 Å². The first-order chi connectivity index (χ1) is 24.5. The second kappa shape index (κ2) is 70.9. The molecule has 6 N–H and O–H groups in total. The largest absolute Gasteiger partial charge is 0.644 e. The van der Waals surface area contributed by atoms with E-state index in [9.17, 15) is 24.0 Å². The Morgan fingerprint density at radius 3 is 1.50 bits per heavy atom. The molecular weight excluding hydrogens is 1510 g/mol. The average Bonchev–Trinajstić information content (AvgIpc) is 3.88. The molecule has 54 heavy (non-hydrogen) atoms. The van der Waals surface area contributed by atoms with Crippen LogP contribution >= 0.6 is 79.5 Å². The van der Waals surface area contributed by atoms with Crippen molar-refractivity contribution in [1.82, 2.24) is 40.8 Å². The molecule has 4 aromatic heterocycles. The minimum atomic E-state index is -1.58. The van der Waals surface area contributed by atoms with Crippen LogP contribution in [0.25, 0.3) is 0 Å². The number of anilines is 3. The molecule has 0 aliphatic rings. The van der Waals surface area contributed by atoms with Crippen LogP contribution in [0, 0.1) is 37.6 Å². The van der Waals surface area contributed by atoms with Gasteiger partial charge in [0, 0.05) is 155 Å². The first-order valence-electron chi connectivity index (χ1n) is 12.0. The van der Waals surface area contributed by atoms with Crippen molar-refractivity contribution in [1.29, 1.82) is 0 Å². The quantitative estimate of drug-likeness (QED) is 0.0443. The molecule has 23 nitrogen and oxygen atoms in total. The van der Waals surface area contributed by atoms with Crippen molar-refractivity contribution in [3.63, 3.8) is 0 Å². The maximum absolute atomic E-state index is 9.96. The van der Waals surface area contributed by atoms with Crippen LogP contribution in [0.5, 0.6) is 10.4 Å². The molecule has 0 aromatic carbocycles. The molecule has 0 atom stereocenters. The fourth-order valence-corrected chi connectivity index (χ4v) is 2.72. The number of carbonyl (C=O) groups is 5. The van der Waals surface area contributed by atoms with E-state index >= 15 is 0 Å². The van der Waals surface area contributed by atoms with E-state index in [0.717, 1.165) is 34.0 Å². The van der Waals surface area contributed by atoms with Crippen molar-refractivity contribution in [3.8, 4) is 10.4 Å². The van der Waals surface area contributed by atoms with Gasteiger partial charge in [0.1, 0.15) is 2.74 Å². The van der Waals surface area contributed by atoms with Crippen LogP contribution in [0.2, 0.25) is 0 Å². The zero-order chi connectivity index (χ0) is 40.9. The molecule has 0 saturated heterocycles. The summed E-state index contributed by atoms with van der Waals surface area (Å²) < 4.78 is 41.7. The molecule has 0 fully saturated rings. The number of rotatable bonds is 6. The molecule has 35 heteroatoms. The molecule has 0 unspecified atom stereocenters. The Kier molecular flexibility index (Phi) is 86.5. The third kappa shape index (κ3) is 61.3. The summed E-state index contributed by atoms with van der Waals surface area (Å²) in [4.78, 5) is 72.4. The predicted octanol–water partition coefficient (Wildman–Crippen LogP) is 0.704. The van der Waals surface area contributed by atoms with E-state index in [-0.39, 0.29) is 152 Å². The van der Waals surface area contributed by atoms with Gasteiger partial charge >= 0.3 is 12.9 Å². The predicted molar refractivity (Wildman–Crippen MR) is 181 cm³/mol. The van der Waals surface area contributed by atoms with Gasteiger partial charge in [-0.05, 0) is 11.6 Å². The van der Waals surface area contributed by atoms with Crippen LogP contribution in [0.15, 0.2) is 4.99 Å². The van der Waals surface area contributed by atoms with Crippen LogP contribution in [0.4, 0.5) is 15.4 Å². The summed E-state index contributed by atoms with van der Waals surface area (Å²) in [7, 11) is 6.22. The van der Waals surface area contributed by atoms with Crippen molar-refractivity contribution in [3.05, 3.63) is 42.4 Å². The Morgan fingerprint density at radius 1 is 0.907 bits per heavy atom. The second-order valence-corrected chi connectivity index (χ2v) is 8.20.